The third-order valence-corrected chi connectivity index (χ3v) is 7.21. The predicted octanol–water partition coefficient (Wildman–Crippen LogP) is 5.72. The molecule has 0 aromatic heterocycles. The minimum absolute atomic E-state index is 0.206. The lowest BCUT2D eigenvalue weighted by molar-refractivity contribution is -0.354. The van der Waals surface area contributed by atoms with Crippen molar-refractivity contribution >= 4 is 5.97 Å². The summed E-state index contributed by atoms with van der Waals surface area (Å²) in [5.41, 5.74) is 2.22. The smallest absolute Gasteiger partial charge is 0.338 e. The van der Waals surface area contributed by atoms with E-state index in [1.165, 1.54) is 0 Å². The van der Waals surface area contributed by atoms with Gasteiger partial charge in [0.15, 0.2) is 18.5 Å². The van der Waals surface area contributed by atoms with E-state index in [1.807, 2.05) is 66.7 Å². The second-order valence-electron chi connectivity index (χ2n) is 10.0. The molecule has 2 aliphatic heterocycles. The highest BCUT2D eigenvalue weighted by atomic mass is 16.8. The first-order valence-electron chi connectivity index (χ1n) is 13.9. The largest absolute Gasteiger partial charge is 0.497 e. The highest BCUT2D eigenvalue weighted by molar-refractivity contribution is 5.89. The zero-order chi connectivity index (χ0) is 28.7. The Hall–Kier alpha value is -4.21. The van der Waals surface area contributed by atoms with Crippen molar-refractivity contribution in [3.05, 3.63) is 132 Å². The van der Waals surface area contributed by atoms with Gasteiger partial charge in [-0.3, -0.25) is 0 Å². The summed E-state index contributed by atoms with van der Waals surface area (Å²) in [7, 11) is 1.60. The maximum Gasteiger partial charge on any atom is 0.338 e. The number of carbonyl (C=O) groups is 1. The molecule has 0 aliphatic carbocycles. The van der Waals surface area contributed by atoms with Crippen molar-refractivity contribution in [2.75, 3.05) is 13.7 Å². The van der Waals surface area contributed by atoms with E-state index in [9.17, 15) is 4.79 Å². The molecule has 2 heterocycles. The highest BCUT2D eigenvalue weighted by Crippen LogP contribution is 2.38. The molecule has 0 radical (unpaired) electrons. The molecule has 4 aromatic rings. The standard InChI is InChI=1S/C34H32O8/c1-36-26-17-19-27(20-18-26)39-34-31(37-21-23-11-5-2-6-12-23)30(41-32(35)24-13-7-3-8-14-24)29-28(40-34)22-38-33(42-29)25-15-9-4-10-16-25/h2-20,28-31,33-34H,21-22H2,1H3/t28-,29-,30+,31-,33?,34-/m1/s1. The quantitative estimate of drug-likeness (QED) is 0.237. The molecular weight excluding hydrogens is 536 g/mol. The molecule has 0 spiro atoms. The maximum absolute atomic E-state index is 13.4. The van der Waals surface area contributed by atoms with E-state index in [0.29, 0.717) is 17.1 Å². The third kappa shape index (κ3) is 6.48. The van der Waals surface area contributed by atoms with Crippen molar-refractivity contribution in [2.45, 2.75) is 43.6 Å². The van der Waals surface area contributed by atoms with Gasteiger partial charge in [-0.15, -0.1) is 0 Å². The Kier molecular flexibility index (Phi) is 8.77. The van der Waals surface area contributed by atoms with Gasteiger partial charge in [-0.25, -0.2) is 4.79 Å². The summed E-state index contributed by atoms with van der Waals surface area (Å²) >= 11 is 0. The van der Waals surface area contributed by atoms with Crippen molar-refractivity contribution in [2.24, 2.45) is 0 Å². The SMILES string of the molecule is COc1ccc(O[C@@H]2O[C@@H]3COC(c4ccccc4)O[C@H]3[C@H](OC(=O)c3ccccc3)[C@H]2OCc2ccccc2)cc1. The number of fused-ring (bicyclic) bond motifs is 1. The zero-order valence-corrected chi connectivity index (χ0v) is 23.1. The minimum Gasteiger partial charge on any atom is -0.497 e. The Morgan fingerprint density at radius 3 is 2.10 bits per heavy atom. The van der Waals surface area contributed by atoms with Crippen molar-refractivity contribution in [1.82, 2.24) is 0 Å². The molecule has 2 fully saturated rings. The number of ether oxygens (including phenoxy) is 7. The number of benzene rings is 4. The summed E-state index contributed by atoms with van der Waals surface area (Å²) in [6.07, 6.45) is -4.58. The van der Waals surface area contributed by atoms with E-state index < -0.39 is 43.0 Å². The average Bonchev–Trinajstić information content (AvgIpc) is 3.06. The van der Waals surface area contributed by atoms with Crippen molar-refractivity contribution in [3.63, 3.8) is 0 Å². The number of hydrogen-bond donors (Lipinski definition) is 0. The van der Waals surface area contributed by atoms with E-state index in [-0.39, 0.29) is 13.2 Å². The van der Waals surface area contributed by atoms with E-state index in [2.05, 4.69) is 0 Å². The summed E-state index contributed by atoms with van der Waals surface area (Å²) < 4.78 is 43.3. The van der Waals surface area contributed by atoms with Gasteiger partial charge in [-0.2, -0.15) is 0 Å². The summed E-state index contributed by atoms with van der Waals surface area (Å²) in [6, 6.07) is 35.4. The van der Waals surface area contributed by atoms with E-state index >= 15 is 0 Å². The third-order valence-electron chi connectivity index (χ3n) is 7.21. The van der Waals surface area contributed by atoms with Gasteiger partial charge < -0.3 is 33.2 Å². The normalized spacial score (nSPS) is 25.2. The van der Waals surface area contributed by atoms with Gasteiger partial charge >= 0.3 is 5.97 Å². The van der Waals surface area contributed by atoms with Crippen LogP contribution in [0.25, 0.3) is 0 Å². The summed E-state index contributed by atoms with van der Waals surface area (Å²) in [5, 5.41) is 0. The van der Waals surface area contributed by atoms with Gasteiger partial charge in [0, 0.05) is 5.56 Å². The van der Waals surface area contributed by atoms with Crippen molar-refractivity contribution in [1.29, 1.82) is 0 Å². The van der Waals surface area contributed by atoms with Gasteiger partial charge in [0.05, 0.1) is 25.9 Å². The lowest BCUT2D eigenvalue weighted by Gasteiger charge is -2.48. The van der Waals surface area contributed by atoms with Crippen molar-refractivity contribution in [3.8, 4) is 11.5 Å². The average molecular weight is 569 g/mol. The van der Waals surface area contributed by atoms with Crippen LogP contribution in [0.3, 0.4) is 0 Å². The molecule has 0 bridgehead atoms. The molecule has 0 N–H and O–H groups in total. The number of hydrogen-bond acceptors (Lipinski definition) is 8. The van der Waals surface area contributed by atoms with Crippen LogP contribution in [0.2, 0.25) is 0 Å². The topological polar surface area (TPSA) is 81.7 Å². The molecule has 8 nitrogen and oxygen atoms in total. The number of methoxy groups -OCH3 is 1. The lowest BCUT2D eigenvalue weighted by Crippen LogP contribution is -2.64. The monoisotopic (exact) mass is 568 g/mol. The number of esters is 1. The molecule has 0 amide bonds. The molecule has 0 saturated carbocycles. The minimum atomic E-state index is -0.933. The maximum atomic E-state index is 13.4. The van der Waals surface area contributed by atoms with E-state index in [1.54, 1.807) is 55.6 Å². The van der Waals surface area contributed by atoms with Crippen LogP contribution in [0.1, 0.15) is 27.8 Å². The van der Waals surface area contributed by atoms with Crippen LogP contribution in [-0.2, 0) is 30.3 Å². The molecule has 1 unspecified atom stereocenters. The van der Waals surface area contributed by atoms with Crippen LogP contribution in [0.4, 0.5) is 0 Å². The number of rotatable bonds is 9. The molecular formula is C34H32O8. The number of carbonyl (C=O) groups excluding carboxylic acids is 1. The Morgan fingerprint density at radius 2 is 1.40 bits per heavy atom. The zero-order valence-electron chi connectivity index (χ0n) is 23.1. The van der Waals surface area contributed by atoms with E-state index in [0.717, 1.165) is 11.1 Å². The fourth-order valence-electron chi connectivity index (χ4n) is 5.05. The van der Waals surface area contributed by atoms with Gasteiger partial charge in [0.2, 0.25) is 6.29 Å². The Balaban J connectivity index is 1.33. The molecule has 216 valence electrons. The van der Waals surface area contributed by atoms with E-state index in [4.69, 9.17) is 33.2 Å². The van der Waals surface area contributed by atoms with Crippen LogP contribution in [0.15, 0.2) is 115 Å². The Labute approximate surface area is 244 Å². The molecule has 6 atom stereocenters. The second kappa shape index (κ2) is 13.2. The van der Waals surface area contributed by atoms with Crippen LogP contribution >= 0.6 is 0 Å². The first-order chi connectivity index (χ1) is 20.7. The molecule has 4 aromatic carbocycles. The first-order valence-corrected chi connectivity index (χ1v) is 13.9. The van der Waals surface area contributed by atoms with Gasteiger partial charge in [-0.1, -0.05) is 78.9 Å². The summed E-state index contributed by atoms with van der Waals surface area (Å²) in [5.74, 6) is 0.740. The Morgan fingerprint density at radius 1 is 0.762 bits per heavy atom. The second-order valence-corrected chi connectivity index (χ2v) is 10.0. The van der Waals surface area contributed by atoms with Gasteiger partial charge in [-0.05, 0) is 42.0 Å². The molecule has 42 heavy (non-hydrogen) atoms. The van der Waals surface area contributed by atoms with Gasteiger partial charge in [0.1, 0.15) is 23.7 Å². The summed E-state index contributed by atoms with van der Waals surface area (Å²) in [6.45, 7) is 0.449. The molecule has 6 rings (SSSR count). The fraction of sp³-hybridized carbons (Fsp3) is 0.265. The molecule has 8 heteroatoms. The predicted molar refractivity (Wildman–Crippen MR) is 153 cm³/mol. The van der Waals surface area contributed by atoms with Gasteiger partial charge in [0.25, 0.3) is 0 Å². The molecule has 2 aliphatic rings. The molecule has 2 saturated heterocycles. The van der Waals surface area contributed by atoms with Crippen LogP contribution in [-0.4, -0.2) is 50.4 Å². The van der Waals surface area contributed by atoms with Crippen LogP contribution in [0, 0.1) is 0 Å². The fourth-order valence-corrected chi connectivity index (χ4v) is 5.05. The van der Waals surface area contributed by atoms with Crippen molar-refractivity contribution < 1.29 is 38.0 Å². The first kappa shape index (κ1) is 27.9. The lowest BCUT2D eigenvalue weighted by atomic mass is 9.97. The highest BCUT2D eigenvalue weighted by Gasteiger charge is 2.53. The van der Waals surface area contributed by atoms with Crippen LogP contribution in [0.5, 0.6) is 11.5 Å². The van der Waals surface area contributed by atoms with Crippen LogP contribution < -0.4 is 9.47 Å². The summed E-state index contributed by atoms with van der Waals surface area (Å²) in [4.78, 5) is 13.4. The Bertz CT molecular complexity index is 1410.